The zero-order chi connectivity index (χ0) is 24.1. The second kappa shape index (κ2) is 10.4. The SMILES string of the molecule is CCNC(=O)[C@@H](Cc1ccc(Cl)cc1)NC(=O)Nc1cc(C(C)(C)C)ccc1C(C)(C)C. The molecular formula is C26H36ClN3O2. The number of halogens is 1. The lowest BCUT2D eigenvalue weighted by Crippen LogP contribution is -2.49. The molecule has 0 saturated carbocycles. The summed E-state index contributed by atoms with van der Waals surface area (Å²) in [6.07, 6.45) is 0.366. The van der Waals surface area contributed by atoms with Crippen molar-refractivity contribution in [2.45, 2.75) is 71.8 Å². The Morgan fingerprint density at radius 3 is 2.09 bits per heavy atom. The van der Waals surface area contributed by atoms with Crippen LogP contribution in [-0.4, -0.2) is 24.5 Å². The molecule has 3 N–H and O–H groups in total. The fourth-order valence-corrected chi connectivity index (χ4v) is 3.57. The lowest BCUT2D eigenvalue weighted by atomic mass is 9.81. The minimum atomic E-state index is -0.708. The number of likely N-dealkylation sites (N-methyl/N-ethyl adjacent to an activating group) is 1. The molecule has 0 aliphatic heterocycles. The summed E-state index contributed by atoms with van der Waals surface area (Å²) in [6, 6.07) is 12.4. The van der Waals surface area contributed by atoms with Crippen molar-refractivity contribution >= 4 is 29.2 Å². The Morgan fingerprint density at radius 2 is 1.56 bits per heavy atom. The molecule has 2 rings (SSSR count). The summed E-state index contributed by atoms with van der Waals surface area (Å²) in [5, 5.41) is 9.29. The molecule has 5 nitrogen and oxygen atoms in total. The van der Waals surface area contributed by atoms with E-state index in [1.807, 2.05) is 25.1 Å². The predicted octanol–water partition coefficient (Wildman–Crippen LogP) is 5.80. The van der Waals surface area contributed by atoms with Gasteiger partial charge < -0.3 is 16.0 Å². The van der Waals surface area contributed by atoms with Crippen molar-refractivity contribution in [2.24, 2.45) is 0 Å². The molecule has 2 aromatic carbocycles. The van der Waals surface area contributed by atoms with E-state index in [-0.39, 0.29) is 16.7 Å². The molecule has 6 heteroatoms. The van der Waals surface area contributed by atoms with Crippen LogP contribution in [0, 0.1) is 0 Å². The van der Waals surface area contributed by atoms with Crippen LogP contribution in [0.3, 0.4) is 0 Å². The van der Waals surface area contributed by atoms with Crippen LogP contribution in [0.2, 0.25) is 5.02 Å². The van der Waals surface area contributed by atoms with E-state index in [1.54, 1.807) is 12.1 Å². The molecule has 0 fully saturated rings. The van der Waals surface area contributed by atoms with E-state index in [0.29, 0.717) is 18.0 Å². The highest BCUT2D eigenvalue weighted by Crippen LogP contribution is 2.33. The average Bonchev–Trinajstić information content (AvgIpc) is 2.67. The molecule has 0 saturated heterocycles. The Balaban J connectivity index is 2.28. The highest BCUT2D eigenvalue weighted by molar-refractivity contribution is 6.30. The Morgan fingerprint density at radius 1 is 0.938 bits per heavy atom. The summed E-state index contributed by atoms with van der Waals surface area (Å²) in [4.78, 5) is 25.6. The van der Waals surface area contributed by atoms with Gasteiger partial charge in [-0.05, 0) is 52.6 Å². The van der Waals surface area contributed by atoms with Crippen molar-refractivity contribution in [3.05, 3.63) is 64.2 Å². The number of urea groups is 1. The van der Waals surface area contributed by atoms with Crippen molar-refractivity contribution in [1.82, 2.24) is 10.6 Å². The maximum atomic E-state index is 13.0. The van der Waals surface area contributed by atoms with Crippen LogP contribution in [0.1, 0.15) is 65.2 Å². The van der Waals surface area contributed by atoms with Crippen LogP contribution in [0.4, 0.5) is 10.5 Å². The predicted molar refractivity (Wildman–Crippen MR) is 134 cm³/mol. The van der Waals surface area contributed by atoms with Gasteiger partial charge in [0.25, 0.3) is 0 Å². The molecule has 0 aliphatic rings. The van der Waals surface area contributed by atoms with E-state index in [4.69, 9.17) is 11.6 Å². The van der Waals surface area contributed by atoms with Gasteiger partial charge in [-0.3, -0.25) is 4.79 Å². The smallest absolute Gasteiger partial charge is 0.319 e. The van der Waals surface area contributed by atoms with Crippen LogP contribution in [-0.2, 0) is 22.0 Å². The Labute approximate surface area is 197 Å². The standard InChI is InChI=1S/C26H36ClN3O2/c1-8-28-23(31)22(15-17-9-12-19(27)13-10-17)30-24(32)29-21-16-18(25(2,3)4)11-14-20(21)26(5,6)7/h9-14,16,22H,8,15H2,1-7H3,(H,28,31)(H2,29,30,32)/t22-/m1/s1. The Hall–Kier alpha value is -2.53. The second-order valence-corrected chi connectivity index (χ2v) is 10.6. The zero-order valence-corrected chi connectivity index (χ0v) is 21.0. The molecule has 0 aliphatic carbocycles. The molecule has 3 amide bonds. The van der Waals surface area contributed by atoms with Crippen molar-refractivity contribution in [3.8, 4) is 0 Å². The average molecular weight is 458 g/mol. The third-order valence-corrected chi connectivity index (χ3v) is 5.52. The number of carbonyl (C=O) groups is 2. The van der Waals surface area contributed by atoms with Crippen molar-refractivity contribution in [3.63, 3.8) is 0 Å². The zero-order valence-electron chi connectivity index (χ0n) is 20.2. The molecule has 1 atom stereocenters. The number of carbonyl (C=O) groups excluding carboxylic acids is 2. The van der Waals surface area contributed by atoms with E-state index < -0.39 is 12.1 Å². The van der Waals surface area contributed by atoms with Crippen LogP contribution in [0.5, 0.6) is 0 Å². The minimum Gasteiger partial charge on any atom is -0.355 e. The number of amides is 3. The number of hydrogen-bond acceptors (Lipinski definition) is 2. The molecule has 0 aromatic heterocycles. The Bertz CT molecular complexity index is 941. The molecule has 2 aromatic rings. The molecule has 32 heavy (non-hydrogen) atoms. The van der Waals surface area contributed by atoms with Gasteiger partial charge in [-0.15, -0.1) is 0 Å². The number of hydrogen-bond donors (Lipinski definition) is 3. The van der Waals surface area contributed by atoms with Gasteiger partial charge >= 0.3 is 6.03 Å². The number of nitrogens with one attached hydrogen (secondary N) is 3. The van der Waals surface area contributed by atoms with Crippen LogP contribution in [0.25, 0.3) is 0 Å². The Kier molecular flexibility index (Phi) is 8.35. The molecule has 0 bridgehead atoms. The monoisotopic (exact) mass is 457 g/mol. The first-order valence-electron chi connectivity index (χ1n) is 11.1. The van der Waals surface area contributed by atoms with E-state index >= 15 is 0 Å². The van der Waals surface area contributed by atoms with Crippen LogP contribution >= 0.6 is 11.6 Å². The van der Waals surface area contributed by atoms with Gasteiger partial charge in [-0.1, -0.05) is 77.4 Å². The highest BCUT2D eigenvalue weighted by Gasteiger charge is 2.25. The first-order valence-corrected chi connectivity index (χ1v) is 11.4. The highest BCUT2D eigenvalue weighted by atomic mass is 35.5. The van der Waals surface area contributed by atoms with Gasteiger partial charge in [0.1, 0.15) is 6.04 Å². The number of anilines is 1. The fourth-order valence-electron chi connectivity index (χ4n) is 3.45. The van der Waals surface area contributed by atoms with E-state index in [0.717, 1.165) is 22.4 Å². The summed E-state index contributed by atoms with van der Waals surface area (Å²) in [7, 11) is 0. The van der Waals surface area contributed by atoms with Gasteiger partial charge in [0.2, 0.25) is 5.91 Å². The maximum absolute atomic E-state index is 13.0. The molecule has 0 radical (unpaired) electrons. The summed E-state index contributed by atoms with van der Waals surface area (Å²) < 4.78 is 0. The van der Waals surface area contributed by atoms with Crippen LogP contribution < -0.4 is 16.0 Å². The van der Waals surface area contributed by atoms with Crippen molar-refractivity contribution < 1.29 is 9.59 Å². The summed E-state index contributed by atoms with van der Waals surface area (Å²) in [5.41, 5.74) is 3.62. The molecule has 0 unspecified atom stereocenters. The second-order valence-electron chi connectivity index (χ2n) is 10.1. The summed E-state index contributed by atoms with van der Waals surface area (Å²) in [5.74, 6) is -0.225. The van der Waals surface area contributed by atoms with Gasteiger partial charge in [-0.2, -0.15) is 0 Å². The molecule has 0 heterocycles. The maximum Gasteiger partial charge on any atom is 0.319 e. The third kappa shape index (κ3) is 7.27. The first kappa shape index (κ1) is 25.7. The van der Waals surface area contributed by atoms with E-state index in [9.17, 15) is 9.59 Å². The first-order chi connectivity index (χ1) is 14.8. The lowest BCUT2D eigenvalue weighted by Gasteiger charge is -2.27. The van der Waals surface area contributed by atoms with Crippen LogP contribution in [0.15, 0.2) is 42.5 Å². The molecule has 174 valence electrons. The molecule has 0 spiro atoms. The summed E-state index contributed by atoms with van der Waals surface area (Å²) in [6.45, 7) is 15.1. The number of benzene rings is 2. The van der Waals surface area contributed by atoms with E-state index in [1.165, 1.54) is 0 Å². The van der Waals surface area contributed by atoms with Gasteiger partial charge in [0.15, 0.2) is 0 Å². The number of rotatable bonds is 6. The van der Waals surface area contributed by atoms with E-state index in [2.05, 4.69) is 69.6 Å². The topological polar surface area (TPSA) is 70.2 Å². The minimum absolute atomic E-state index is 0.0541. The normalized spacial score (nSPS) is 12.8. The van der Waals surface area contributed by atoms with Crippen molar-refractivity contribution in [2.75, 3.05) is 11.9 Å². The quantitative estimate of drug-likeness (QED) is 0.512. The lowest BCUT2D eigenvalue weighted by molar-refractivity contribution is -0.122. The van der Waals surface area contributed by atoms with Gasteiger partial charge in [0.05, 0.1) is 0 Å². The summed E-state index contributed by atoms with van der Waals surface area (Å²) >= 11 is 5.97. The van der Waals surface area contributed by atoms with Crippen molar-refractivity contribution in [1.29, 1.82) is 0 Å². The van der Waals surface area contributed by atoms with Gasteiger partial charge in [0, 0.05) is 23.7 Å². The van der Waals surface area contributed by atoms with Gasteiger partial charge in [-0.25, -0.2) is 4.79 Å². The largest absolute Gasteiger partial charge is 0.355 e. The third-order valence-electron chi connectivity index (χ3n) is 5.27. The molecular weight excluding hydrogens is 422 g/mol. The fraction of sp³-hybridized carbons (Fsp3) is 0.462.